The molecule has 2 saturated heterocycles. The first-order chi connectivity index (χ1) is 16.6. The van der Waals surface area contributed by atoms with E-state index in [-0.39, 0.29) is 5.91 Å². The number of amides is 1. The van der Waals surface area contributed by atoms with Crippen LogP contribution in [0.5, 0.6) is 0 Å². The fourth-order valence-corrected chi connectivity index (χ4v) is 5.52. The summed E-state index contributed by atoms with van der Waals surface area (Å²) >= 11 is 1.63. The number of thiazole rings is 1. The van der Waals surface area contributed by atoms with Gasteiger partial charge in [0.15, 0.2) is 10.8 Å². The van der Waals surface area contributed by atoms with Gasteiger partial charge in [0, 0.05) is 70.8 Å². The lowest BCUT2D eigenvalue weighted by Crippen LogP contribution is -2.53. The summed E-state index contributed by atoms with van der Waals surface area (Å²) < 4.78 is 5.45. The molecule has 8 heteroatoms. The Bertz CT molecular complexity index is 1070. The zero-order chi connectivity index (χ0) is 23.3. The molecule has 0 unspecified atom stereocenters. The Balaban J connectivity index is 1.02. The van der Waals surface area contributed by atoms with Crippen LogP contribution >= 0.6 is 11.3 Å². The maximum Gasteiger partial charge on any atom is 0.236 e. The second kappa shape index (κ2) is 10.8. The molecule has 0 bridgehead atoms. The Hall–Kier alpha value is -2.52. The lowest BCUT2D eigenvalue weighted by atomic mass is 10.1. The monoisotopic (exact) mass is 479 g/mol. The Morgan fingerprint density at radius 1 is 0.941 bits per heavy atom. The number of carbonyl (C=O) groups is 1. The van der Waals surface area contributed by atoms with Crippen LogP contribution in [0.3, 0.4) is 0 Å². The van der Waals surface area contributed by atoms with Gasteiger partial charge in [0.2, 0.25) is 5.91 Å². The first-order valence-corrected chi connectivity index (χ1v) is 13.0. The van der Waals surface area contributed by atoms with Gasteiger partial charge in [0.1, 0.15) is 0 Å². The summed E-state index contributed by atoms with van der Waals surface area (Å²) in [4.78, 5) is 26.8. The molecule has 0 N–H and O–H groups in total. The molecule has 2 fully saturated rings. The fourth-order valence-electron chi connectivity index (χ4n) is 4.74. The number of nitrogens with zero attached hydrogens (tertiary/aromatic N) is 5. The van der Waals surface area contributed by atoms with Crippen LogP contribution in [-0.4, -0.2) is 89.4 Å². The van der Waals surface area contributed by atoms with Crippen LogP contribution in [0.1, 0.15) is 16.8 Å². The van der Waals surface area contributed by atoms with E-state index in [1.54, 1.807) is 17.6 Å². The first kappa shape index (κ1) is 23.2. The molecule has 2 aliphatic heterocycles. The third kappa shape index (κ3) is 5.93. The van der Waals surface area contributed by atoms with Gasteiger partial charge in [-0.3, -0.25) is 19.5 Å². The highest BCUT2D eigenvalue weighted by atomic mass is 32.1. The number of benzene rings is 1. The summed E-state index contributed by atoms with van der Waals surface area (Å²) in [6.07, 6.45) is 1.68. The molecule has 34 heavy (non-hydrogen) atoms. The molecule has 2 aliphatic rings. The molecule has 3 aromatic rings. The Morgan fingerprint density at radius 3 is 2.41 bits per heavy atom. The van der Waals surface area contributed by atoms with E-state index in [1.165, 1.54) is 11.1 Å². The highest BCUT2D eigenvalue weighted by Crippen LogP contribution is 2.24. The summed E-state index contributed by atoms with van der Waals surface area (Å²) in [5.74, 6) is 1.10. The molecule has 1 aromatic carbocycles. The van der Waals surface area contributed by atoms with Gasteiger partial charge in [-0.15, -0.1) is 11.3 Å². The number of furan rings is 1. The van der Waals surface area contributed by atoms with Gasteiger partial charge in [-0.2, -0.15) is 0 Å². The molecule has 1 amide bonds. The van der Waals surface area contributed by atoms with E-state index in [1.807, 2.05) is 17.0 Å². The number of carbonyl (C=O) groups excluding carboxylic acids is 1. The first-order valence-electron chi connectivity index (χ1n) is 12.1. The average Bonchev–Trinajstić information content (AvgIpc) is 3.53. The van der Waals surface area contributed by atoms with E-state index in [0.717, 1.165) is 81.9 Å². The van der Waals surface area contributed by atoms with Crippen molar-refractivity contribution in [3.05, 3.63) is 64.9 Å². The molecular weight excluding hydrogens is 446 g/mol. The van der Waals surface area contributed by atoms with Crippen LogP contribution in [-0.2, 0) is 17.9 Å². The highest BCUT2D eigenvalue weighted by molar-refractivity contribution is 7.13. The number of rotatable bonds is 7. The SMILES string of the molecule is Cc1cccc(CN2CCN(C(=O)CN3CCN(Cc4csc(-c5ccco5)n4)CC3)CC2)c1. The van der Waals surface area contributed by atoms with E-state index < -0.39 is 0 Å². The van der Waals surface area contributed by atoms with Crippen molar-refractivity contribution in [2.75, 3.05) is 58.9 Å². The predicted molar refractivity (Wildman–Crippen MR) is 135 cm³/mol. The van der Waals surface area contributed by atoms with E-state index in [2.05, 4.69) is 51.3 Å². The van der Waals surface area contributed by atoms with Crippen molar-refractivity contribution in [3.8, 4) is 10.8 Å². The molecule has 0 saturated carbocycles. The topological polar surface area (TPSA) is 56.1 Å². The average molecular weight is 480 g/mol. The van der Waals surface area contributed by atoms with Crippen molar-refractivity contribution in [3.63, 3.8) is 0 Å². The number of hydrogen-bond acceptors (Lipinski definition) is 7. The molecule has 7 nitrogen and oxygen atoms in total. The predicted octanol–water partition coefficient (Wildman–Crippen LogP) is 3.17. The van der Waals surface area contributed by atoms with Gasteiger partial charge in [0.05, 0.1) is 18.5 Å². The molecule has 0 spiro atoms. The number of aryl methyl sites for hydroxylation is 1. The third-order valence-electron chi connectivity index (χ3n) is 6.71. The zero-order valence-electron chi connectivity index (χ0n) is 19.9. The molecular formula is C26H33N5O2S. The molecule has 0 aliphatic carbocycles. The van der Waals surface area contributed by atoms with Crippen LogP contribution in [0.15, 0.2) is 52.5 Å². The summed E-state index contributed by atoms with van der Waals surface area (Å²) in [5, 5.41) is 3.05. The van der Waals surface area contributed by atoms with Crippen LogP contribution in [0.25, 0.3) is 10.8 Å². The van der Waals surface area contributed by atoms with E-state index >= 15 is 0 Å². The third-order valence-corrected chi connectivity index (χ3v) is 7.61. The largest absolute Gasteiger partial charge is 0.462 e. The maximum atomic E-state index is 12.9. The molecule has 0 radical (unpaired) electrons. The van der Waals surface area contributed by atoms with Gasteiger partial charge in [0.25, 0.3) is 0 Å². The minimum atomic E-state index is 0.270. The lowest BCUT2D eigenvalue weighted by molar-refractivity contribution is -0.134. The van der Waals surface area contributed by atoms with Gasteiger partial charge in [-0.25, -0.2) is 4.98 Å². The van der Waals surface area contributed by atoms with Gasteiger partial charge in [-0.1, -0.05) is 29.8 Å². The van der Waals surface area contributed by atoms with Crippen LogP contribution < -0.4 is 0 Å². The highest BCUT2D eigenvalue weighted by Gasteiger charge is 2.25. The van der Waals surface area contributed by atoms with Crippen molar-refractivity contribution in [2.24, 2.45) is 0 Å². The summed E-state index contributed by atoms with van der Waals surface area (Å²) in [5.41, 5.74) is 3.74. The van der Waals surface area contributed by atoms with Gasteiger partial charge >= 0.3 is 0 Å². The fraction of sp³-hybridized carbons (Fsp3) is 0.462. The number of piperazine rings is 2. The van der Waals surface area contributed by atoms with Gasteiger partial charge < -0.3 is 9.32 Å². The lowest BCUT2D eigenvalue weighted by Gasteiger charge is -2.38. The second-order valence-corrected chi connectivity index (χ2v) is 10.2. The van der Waals surface area contributed by atoms with E-state index in [4.69, 9.17) is 9.40 Å². The molecule has 4 heterocycles. The molecule has 2 aromatic heterocycles. The minimum Gasteiger partial charge on any atom is -0.462 e. The van der Waals surface area contributed by atoms with Crippen molar-refractivity contribution < 1.29 is 9.21 Å². The normalized spacial score (nSPS) is 18.4. The van der Waals surface area contributed by atoms with Crippen molar-refractivity contribution in [2.45, 2.75) is 20.0 Å². The molecule has 0 atom stereocenters. The van der Waals surface area contributed by atoms with Crippen LogP contribution in [0, 0.1) is 6.92 Å². The zero-order valence-corrected chi connectivity index (χ0v) is 20.7. The van der Waals surface area contributed by atoms with Crippen LogP contribution in [0.4, 0.5) is 0 Å². The summed E-state index contributed by atoms with van der Waals surface area (Å²) in [7, 11) is 0. The minimum absolute atomic E-state index is 0.270. The quantitative estimate of drug-likeness (QED) is 0.519. The molecule has 180 valence electrons. The maximum absolute atomic E-state index is 12.9. The number of hydrogen-bond donors (Lipinski definition) is 0. The molecule has 5 rings (SSSR count). The Morgan fingerprint density at radius 2 is 1.68 bits per heavy atom. The Kier molecular flexibility index (Phi) is 7.39. The second-order valence-electron chi connectivity index (χ2n) is 9.32. The summed E-state index contributed by atoms with van der Waals surface area (Å²) in [6.45, 7) is 11.8. The van der Waals surface area contributed by atoms with Crippen molar-refractivity contribution in [1.82, 2.24) is 24.6 Å². The summed E-state index contributed by atoms with van der Waals surface area (Å²) in [6, 6.07) is 12.5. The van der Waals surface area contributed by atoms with E-state index in [9.17, 15) is 4.79 Å². The van der Waals surface area contributed by atoms with E-state index in [0.29, 0.717) is 6.54 Å². The Labute approximate surface area is 205 Å². The van der Waals surface area contributed by atoms with Crippen LogP contribution in [0.2, 0.25) is 0 Å². The van der Waals surface area contributed by atoms with Gasteiger partial charge in [-0.05, 0) is 24.6 Å². The van der Waals surface area contributed by atoms with Crippen molar-refractivity contribution >= 4 is 17.2 Å². The standard InChI is InChI=1S/C26H33N5O2S/c1-21-4-2-5-22(16-21)17-28-11-13-31(14-12-28)25(32)19-30-9-7-29(8-10-30)18-23-20-34-26(27-23)24-6-3-15-33-24/h2-6,15-16,20H,7-14,17-19H2,1H3. The number of aromatic nitrogens is 1. The van der Waals surface area contributed by atoms with Crippen molar-refractivity contribution in [1.29, 1.82) is 0 Å². The smallest absolute Gasteiger partial charge is 0.236 e.